The molecule has 5 nitrogen and oxygen atoms in total. The molecular weight excluding hydrogens is 312 g/mol. The Labute approximate surface area is 149 Å². The number of rotatable bonds is 5. The number of fused-ring (bicyclic) bond motifs is 1. The van der Waals surface area contributed by atoms with Crippen LogP contribution in [0.3, 0.4) is 0 Å². The highest BCUT2D eigenvalue weighted by molar-refractivity contribution is 5.74. The summed E-state index contributed by atoms with van der Waals surface area (Å²) >= 11 is 0. The van der Waals surface area contributed by atoms with Crippen molar-refractivity contribution >= 4 is 17.4 Å². The number of nitrogens with one attached hydrogen (secondary N) is 3. The number of hydrogen-bond donors (Lipinski definition) is 3. The third-order valence-electron chi connectivity index (χ3n) is 4.63. The quantitative estimate of drug-likeness (QED) is 0.776. The molecule has 0 spiro atoms. The van der Waals surface area contributed by atoms with E-state index in [1.807, 2.05) is 18.2 Å². The zero-order valence-corrected chi connectivity index (χ0v) is 15.1. The second-order valence-corrected chi connectivity index (χ2v) is 6.66. The number of carbonyl (C=O) groups is 1. The molecule has 1 aromatic heterocycles. The van der Waals surface area contributed by atoms with Crippen LogP contribution >= 0.6 is 0 Å². The third kappa shape index (κ3) is 4.10. The van der Waals surface area contributed by atoms with Gasteiger partial charge in [0.15, 0.2) is 0 Å². The summed E-state index contributed by atoms with van der Waals surface area (Å²) in [6.07, 6.45) is 1.87. The maximum Gasteiger partial charge on any atom is 0.217 e. The summed E-state index contributed by atoms with van der Waals surface area (Å²) in [5.41, 5.74) is 4.25. The van der Waals surface area contributed by atoms with Gasteiger partial charge in [0.05, 0.1) is 17.4 Å². The molecule has 1 aromatic carbocycles. The largest absolute Gasteiger partial charge is 0.381 e. The Kier molecular flexibility index (Phi) is 5.22. The van der Waals surface area contributed by atoms with E-state index in [9.17, 15) is 4.79 Å². The average molecular weight is 338 g/mol. The molecule has 2 heterocycles. The highest BCUT2D eigenvalue weighted by Crippen LogP contribution is 2.34. The number of pyridine rings is 1. The molecule has 1 amide bonds. The van der Waals surface area contributed by atoms with Crippen LogP contribution in [0.15, 0.2) is 36.4 Å². The Hall–Kier alpha value is -2.56. The van der Waals surface area contributed by atoms with Crippen molar-refractivity contribution in [2.24, 2.45) is 0 Å². The summed E-state index contributed by atoms with van der Waals surface area (Å²) in [5, 5.41) is 10.0. The van der Waals surface area contributed by atoms with Gasteiger partial charge in [0.1, 0.15) is 5.82 Å². The van der Waals surface area contributed by atoms with Crippen LogP contribution < -0.4 is 16.0 Å². The molecule has 2 unspecified atom stereocenters. The topological polar surface area (TPSA) is 66.0 Å². The normalized spacial score (nSPS) is 18.8. The Bertz CT molecular complexity index is 745. The van der Waals surface area contributed by atoms with E-state index in [0.29, 0.717) is 6.04 Å². The number of hydrogen-bond acceptors (Lipinski definition) is 4. The average Bonchev–Trinajstić information content (AvgIpc) is 2.60. The lowest BCUT2D eigenvalue weighted by Crippen LogP contribution is -2.37. The van der Waals surface area contributed by atoms with Gasteiger partial charge in [-0.15, -0.1) is 0 Å². The van der Waals surface area contributed by atoms with Crippen molar-refractivity contribution in [2.45, 2.75) is 52.2 Å². The van der Waals surface area contributed by atoms with Crippen molar-refractivity contribution in [2.75, 3.05) is 10.6 Å². The zero-order chi connectivity index (χ0) is 17.8. The molecule has 2 atom stereocenters. The summed E-state index contributed by atoms with van der Waals surface area (Å²) in [7, 11) is 0. The van der Waals surface area contributed by atoms with Crippen molar-refractivity contribution in [3.05, 3.63) is 53.2 Å². The molecule has 0 radical (unpaired) electrons. The maximum absolute atomic E-state index is 11.6. The Morgan fingerprint density at radius 3 is 2.76 bits per heavy atom. The van der Waals surface area contributed by atoms with Crippen LogP contribution in [0.1, 0.15) is 49.6 Å². The first kappa shape index (κ1) is 17.3. The van der Waals surface area contributed by atoms with E-state index >= 15 is 0 Å². The molecule has 0 bridgehead atoms. The lowest BCUT2D eigenvalue weighted by molar-refractivity contribution is -0.119. The highest BCUT2D eigenvalue weighted by atomic mass is 16.1. The molecule has 132 valence electrons. The fourth-order valence-electron chi connectivity index (χ4n) is 3.29. The summed E-state index contributed by atoms with van der Waals surface area (Å²) in [6, 6.07) is 12.7. The van der Waals surface area contributed by atoms with Gasteiger partial charge in [-0.1, -0.05) is 37.3 Å². The van der Waals surface area contributed by atoms with E-state index in [0.717, 1.165) is 42.1 Å². The van der Waals surface area contributed by atoms with Gasteiger partial charge < -0.3 is 16.0 Å². The fourth-order valence-corrected chi connectivity index (χ4v) is 3.29. The molecule has 0 fully saturated rings. The minimum Gasteiger partial charge on any atom is -0.381 e. The van der Waals surface area contributed by atoms with Crippen LogP contribution in [0.4, 0.5) is 11.5 Å². The van der Waals surface area contributed by atoms with Gasteiger partial charge in [-0.3, -0.25) is 4.79 Å². The lowest BCUT2D eigenvalue weighted by atomic mass is 9.95. The van der Waals surface area contributed by atoms with Crippen LogP contribution in [0, 0.1) is 6.92 Å². The first-order valence-electron chi connectivity index (χ1n) is 8.89. The molecule has 1 aliphatic rings. The first-order valence-corrected chi connectivity index (χ1v) is 8.89. The number of aryl methyl sites for hydroxylation is 1. The molecule has 1 aliphatic heterocycles. The standard InChI is InChI=1S/C20H26N4O/c1-4-16-11-18(22-14(3)25)19-17(23-16)10-13(2)20(24-19)21-12-15-8-6-5-7-9-15/h5-10,16,18,23H,4,11-12H2,1-3H3,(H,21,24)(H,22,25). The minimum absolute atomic E-state index is 0.0196. The first-order chi connectivity index (χ1) is 12.1. The number of benzene rings is 1. The van der Waals surface area contributed by atoms with Gasteiger partial charge in [0.2, 0.25) is 5.91 Å². The smallest absolute Gasteiger partial charge is 0.217 e. The number of nitrogens with zero attached hydrogens (tertiary/aromatic N) is 1. The second-order valence-electron chi connectivity index (χ2n) is 6.66. The minimum atomic E-state index is -0.0448. The van der Waals surface area contributed by atoms with E-state index in [1.54, 1.807) is 6.92 Å². The van der Waals surface area contributed by atoms with Gasteiger partial charge in [0, 0.05) is 19.5 Å². The van der Waals surface area contributed by atoms with E-state index in [2.05, 4.69) is 48.0 Å². The summed E-state index contributed by atoms with van der Waals surface area (Å²) < 4.78 is 0. The van der Waals surface area contributed by atoms with E-state index in [4.69, 9.17) is 4.98 Å². The maximum atomic E-state index is 11.6. The number of amides is 1. The van der Waals surface area contributed by atoms with Crippen LogP contribution in [-0.2, 0) is 11.3 Å². The summed E-state index contributed by atoms with van der Waals surface area (Å²) in [6.45, 7) is 6.50. The van der Waals surface area contributed by atoms with Gasteiger partial charge in [-0.25, -0.2) is 4.98 Å². The fraction of sp³-hybridized carbons (Fsp3) is 0.400. The van der Waals surface area contributed by atoms with Crippen molar-refractivity contribution in [1.29, 1.82) is 0 Å². The molecule has 0 saturated carbocycles. The number of aromatic nitrogens is 1. The van der Waals surface area contributed by atoms with Gasteiger partial charge in [-0.2, -0.15) is 0 Å². The van der Waals surface area contributed by atoms with Gasteiger partial charge in [-0.05, 0) is 37.0 Å². The molecule has 0 saturated heterocycles. The van der Waals surface area contributed by atoms with Crippen LogP contribution in [-0.4, -0.2) is 16.9 Å². The van der Waals surface area contributed by atoms with Crippen LogP contribution in [0.25, 0.3) is 0 Å². The molecular formula is C20H26N4O. The van der Waals surface area contributed by atoms with Crippen LogP contribution in [0.2, 0.25) is 0 Å². The van der Waals surface area contributed by atoms with Crippen molar-refractivity contribution < 1.29 is 4.79 Å². The zero-order valence-electron chi connectivity index (χ0n) is 15.1. The molecule has 3 N–H and O–H groups in total. The lowest BCUT2D eigenvalue weighted by Gasteiger charge is -2.33. The van der Waals surface area contributed by atoms with Crippen molar-refractivity contribution in [3.63, 3.8) is 0 Å². The number of carbonyl (C=O) groups excluding carboxylic acids is 1. The van der Waals surface area contributed by atoms with Crippen molar-refractivity contribution in [1.82, 2.24) is 10.3 Å². The van der Waals surface area contributed by atoms with E-state index in [-0.39, 0.29) is 11.9 Å². The summed E-state index contributed by atoms with van der Waals surface area (Å²) in [4.78, 5) is 16.4. The van der Waals surface area contributed by atoms with Crippen LogP contribution in [0.5, 0.6) is 0 Å². The van der Waals surface area contributed by atoms with Crippen molar-refractivity contribution in [3.8, 4) is 0 Å². The monoisotopic (exact) mass is 338 g/mol. The molecule has 25 heavy (non-hydrogen) atoms. The Balaban J connectivity index is 1.85. The molecule has 0 aliphatic carbocycles. The predicted octanol–water partition coefficient (Wildman–Crippen LogP) is 3.77. The molecule has 2 aromatic rings. The third-order valence-corrected chi connectivity index (χ3v) is 4.63. The second kappa shape index (κ2) is 7.55. The van der Waals surface area contributed by atoms with Gasteiger partial charge >= 0.3 is 0 Å². The van der Waals surface area contributed by atoms with E-state index < -0.39 is 0 Å². The summed E-state index contributed by atoms with van der Waals surface area (Å²) in [5.74, 6) is 0.851. The Morgan fingerprint density at radius 2 is 2.08 bits per heavy atom. The SMILES string of the molecule is CCC1CC(NC(C)=O)c2nc(NCc3ccccc3)c(C)cc2N1. The number of anilines is 2. The predicted molar refractivity (Wildman–Crippen MR) is 102 cm³/mol. The Morgan fingerprint density at radius 1 is 1.32 bits per heavy atom. The molecule has 3 rings (SSSR count). The molecule has 5 heteroatoms. The van der Waals surface area contributed by atoms with Gasteiger partial charge in [0.25, 0.3) is 0 Å². The van der Waals surface area contributed by atoms with E-state index in [1.165, 1.54) is 5.56 Å². The highest BCUT2D eigenvalue weighted by Gasteiger charge is 2.28.